The summed E-state index contributed by atoms with van der Waals surface area (Å²) in [6.45, 7) is 3.59. The van der Waals surface area contributed by atoms with Crippen LogP contribution < -0.4 is 10.1 Å². The number of hydrogen-bond acceptors (Lipinski definition) is 4. The summed E-state index contributed by atoms with van der Waals surface area (Å²) < 4.78 is 10.3. The third-order valence-corrected chi connectivity index (χ3v) is 4.39. The van der Waals surface area contributed by atoms with Crippen LogP contribution in [0.4, 0.5) is 0 Å². The maximum atomic E-state index is 12.7. The smallest absolute Gasteiger partial charge is 0.305 e. The maximum absolute atomic E-state index is 12.7. The van der Waals surface area contributed by atoms with Crippen molar-refractivity contribution in [2.75, 3.05) is 20.8 Å². The molecule has 2 aromatic rings. The van der Waals surface area contributed by atoms with Crippen molar-refractivity contribution in [3.63, 3.8) is 0 Å². The Bertz CT molecular complexity index is 804. The Hall–Kier alpha value is -2.60. The van der Waals surface area contributed by atoms with Crippen LogP contribution in [-0.4, -0.2) is 43.3 Å². The van der Waals surface area contributed by atoms with E-state index in [2.05, 4.69) is 5.32 Å². The Labute approximate surface area is 153 Å². The van der Waals surface area contributed by atoms with E-state index in [1.165, 1.54) is 7.11 Å². The summed E-state index contributed by atoms with van der Waals surface area (Å²) in [6.07, 6.45) is -0.211. The van der Waals surface area contributed by atoms with E-state index in [0.717, 1.165) is 22.1 Å². The molecule has 0 saturated carbocycles. The Morgan fingerprint density at radius 1 is 1.15 bits per heavy atom. The van der Waals surface area contributed by atoms with Gasteiger partial charge < -0.3 is 19.9 Å². The van der Waals surface area contributed by atoms with E-state index in [0.29, 0.717) is 0 Å². The number of carbonyl (C=O) groups is 2. The highest BCUT2D eigenvalue weighted by molar-refractivity contribution is 5.89. The van der Waals surface area contributed by atoms with Crippen LogP contribution in [0.2, 0.25) is 0 Å². The molecule has 0 aliphatic rings. The number of amides is 1. The molecular formula is C20H25NO5. The monoisotopic (exact) mass is 359 g/mol. The average Bonchev–Trinajstić information content (AvgIpc) is 2.59. The minimum Gasteiger partial charge on any atom is -0.497 e. The van der Waals surface area contributed by atoms with Gasteiger partial charge >= 0.3 is 5.97 Å². The van der Waals surface area contributed by atoms with Crippen molar-refractivity contribution >= 4 is 22.6 Å². The van der Waals surface area contributed by atoms with E-state index in [-0.39, 0.29) is 18.9 Å². The number of nitrogens with one attached hydrogen (secondary N) is 1. The van der Waals surface area contributed by atoms with Crippen LogP contribution in [0.25, 0.3) is 10.8 Å². The van der Waals surface area contributed by atoms with Gasteiger partial charge in [0.05, 0.1) is 31.6 Å². The first-order valence-electron chi connectivity index (χ1n) is 8.38. The Morgan fingerprint density at radius 2 is 1.81 bits per heavy atom. The quantitative estimate of drug-likeness (QED) is 0.757. The number of rotatable bonds is 8. The topological polar surface area (TPSA) is 84.9 Å². The van der Waals surface area contributed by atoms with Crippen molar-refractivity contribution in [3.05, 3.63) is 42.0 Å². The highest BCUT2D eigenvalue weighted by Crippen LogP contribution is 2.26. The van der Waals surface area contributed by atoms with Crippen LogP contribution in [0.1, 0.15) is 31.7 Å². The number of carboxylic acid groups (broad SMARTS) is 1. The van der Waals surface area contributed by atoms with Gasteiger partial charge in [-0.05, 0) is 42.3 Å². The lowest BCUT2D eigenvalue weighted by Gasteiger charge is -2.30. The van der Waals surface area contributed by atoms with E-state index in [9.17, 15) is 9.59 Å². The zero-order chi connectivity index (χ0) is 19.3. The fourth-order valence-electron chi connectivity index (χ4n) is 2.98. The molecule has 0 heterocycles. The molecule has 140 valence electrons. The molecule has 2 rings (SSSR count). The number of aliphatic carboxylic acids is 1. The van der Waals surface area contributed by atoms with Crippen molar-refractivity contribution in [2.24, 2.45) is 0 Å². The van der Waals surface area contributed by atoms with Crippen LogP contribution in [-0.2, 0) is 14.3 Å². The van der Waals surface area contributed by atoms with Gasteiger partial charge in [-0.25, -0.2) is 0 Å². The standard InChI is InChI=1S/C20H25NO5/c1-13(19(24)21-20(2,12-25-3)11-18(22)23)14-5-6-16-10-17(26-4)8-7-15(16)9-14/h5-10,13H,11-12H2,1-4H3,(H,21,24)(H,22,23). The molecule has 0 fully saturated rings. The number of carbonyl (C=O) groups excluding carboxylic acids is 1. The van der Waals surface area contributed by atoms with E-state index in [4.69, 9.17) is 14.6 Å². The van der Waals surface area contributed by atoms with Gasteiger partial charge in [0.15, 0.2) is 0 Å². The zero-order valence-electron chi connectivity index (χ0n) is 15.5. The lowest BCUT2D eigenvalue weighted by molar-refractivity contribution is -0.139. The van der Waals surface area contributed by atoms with Crippen molar-refractivity contribution in [1.29, 1.82) is 0 Å². The van der Waals surface area contributed by atoms with Crippen molar-refractivity contribution in [2.45, 2.75) is 31.7 Å². The van der Waals surface area contributed by atoms with Crippen molar-refractivity contribution in [3.8, 4) is 5.75 Å². The molecule has 2 aromatic carbocycles. The van der Waals surface area contributed by atoms with Gasteiger partial charge in [-0.2, -0.15) is 0 Å². The first-order chi connectivity index (χ1) is 12.3. The molecule has 2 unspecified atom stereocenters. The maximum Gasteiger partial charge on any atom is 0.305 e. The summed E-state index contributed by atoms with van der Waals surface area (Å²) in [5.74, 6) is -0.873. The van der Waals surface area contributed by atoms with Gasteiger partial charge in [-0.1, -0.05) is 24.3 Å². The predicted octanol–water partition coefficient (Wildman–Crippen LogP) is 2.95. The van der Waals surface area contributed by atoms with Crippen molar-refractivity contribution in [1.82, 2.24) is 5.32 Å². The minimum absolute atomic E-state index is 0.120. The van der Waals surface area contributed by atoms with Gasteiger partial charge in [0.25, 0.3) is 0 Å². The second-order valence-corrected chi connectivity index (χ2v) is 6.75. The molecule has 0 aliphatic heterocycles. The zero-order valence-corrected chi connectivity index (χ0v) is 15.5. The molecule has 2 atom stereocenters. The fourth-order valence-corrected chi connectivity index (χ4v) is 2.98. The van der Waals surface area contributed by atoms with Gasteiger partial charge in [-0.3, -0.25) is 9.59 Å². The second-order valence-electron chi connectivity index (χ2n) is 6.75. The predicted molar refractivity (Wildman–Crippen MR) is 99.6 cm³/mol. The highest BCUT2D eigenvalue weighted by atomic mass is 16.5. The molecular weight excluding hydrogens is 334 g/mol. The second kappa shape index (κ2) is 8.19. The third-order valence-electron chi connectivity index (χ3n) is 4.39. The minimum atomic E-state index is -0.989. The fraction of sp³-hybridized carbons (Fsp3) is 0.400. The van der Waals surface area contributed by atoms with Crippen LogP contribution >= 0.6 is 0 Å². The van der Waals surface area contributed by atoms with Gasteiger partial charge in [0, 0.05) is 7.11 Å². The van der Waals surface area contributed by atoms with E-state index in [1.807, 2.05) is 36.4 Å². The third kappa shape index (κ3) is 4.73. The number of benzene rings is 2. The van der Waals surface area contributed by atoms with Gasteiger partial charge in [0.2, 0.25) is 5.91 Å². The van der Waals surface area contributed by atoms with Crippen LogP contribution in [0.15, 0.2) is 36.4 Å². The molecule has 0 spiro atoms. The Balaban J connectivity index is 2.21. The molecule has 0 radical (unpaired) electrons. The Kier molecular flexibility index (Phi) is 6.21. The summed E-state index contributed by atoms with van der Waals surface area (Å²) in [5, 5.41) is 13.9. The van der Waals surface area contributed by atoms with Gasteiger partial charge in [-0.15, -0.1) is 0 Å². The molecule has 0 bridgehead atoms. The average molecular weight is 359 g/mol. The van der Waals surface area contributed by atoms with Gasteiger partial charge in [0.1, 0.15) is 5.75 Å². The highest BCUT2D eigenvalue weighted by Gasteiger charge is 2.31. The number of methoxy groups -OCH3 is 2. The molecule has 6 heteroatoms. The van der Waals surface area contributed by atoms with E-state index >= 15 is 0 Å². The molecule has 1 amide bonds. The number of carboxylic acids is 1. The molecule has 0 aromatic heterocycles. The Morgan fingerprint density at radius 3 is 2.42 bits per heavy atom. The van der Waals surface area contributed by atoms with Crippen LogP contribution in [0.5, 0.6) is 5.75 Å². The SMILES string of the molecule is COCC(C)(CC(=O)O)NC(=O)C(C)c1ccc2cc(OC)ccc2c1. The van der Waals surface area contributed by atoms with E-state index < -0.39 is 17.4 Å². The van der Waals surface area contributed by atoms with Crippen molar-refractivity contribution < 1.29 is 24.2 Å². The number of fused-ring (bicyclic) bond motifs is 1. The number of hydrogen-bond donors (Lipinski definition) is 2. The first kappa shape index (κ1) is 19.7. The summed E-state index contributed by atoms with van der Waals surface area (Å²) in [6, 6.07) is 11.6. The summed E-state index contributed by atoms with van der Waals surface area (Å²) in [5.41, 5.74) is -0.105. The molecule has 2 N–H and O–H groups in total. The normalized spacial score (nSPS) is 14.5. The molecule has 6 nitrogen and oxygen atoms in total. The molecule has 0 saturated heterocycles. The lowest BCUT2D eigenvalue weighted by Crippen LogP contribution is -2.51. The molecule has 26 heavy (non-hydrogen) atoms. The van der Waals surface area contributed by atoms with Crippen LogP contribution in [0, 0.1) is 0 Å². The lowest BCUT2D eigenvalue weighted by atomic mass is 9.93. The van der Waals surface area contributed by atoms with Crippen LogP contribution in [0.3, 0.4) is 0 Å². The summed E-state index contributed by atoms with van der Waals surface area (Å²) >= 11 is 0. The summed E-state index contributed by atoms with van der Waals surface area (Å²) in [4.78, 5) is 23.8. The largest absolute Gasteiger partial charge is 0.497 e. The molecule has 0 aliphatic carbocycles. The van der Waals surface area contributed by atoms with E-state index in [1.54, 1.807) is 21.0 Å². The first-order valence-corrected chi connectivity index (χ1v) is 8.38. The number of ether oxygens (including phenoxy) is 2. The summed E-state index contributed by atoms with van der Waals surface area (Å²) in [7, 11) is 3.10.